The molecule has 10 heteroatoms. The van der Waals surface area contributed by atoms with Gasteiger partial charge in [0.1, 0.15) is 10.6 Å². The number of sulfonamides is 1. The zero-order valence-electron chi connectivity index (χ0n) is 11.4. The van der Waals surface area contributed by atoms with Gasteiger partial charge in [0.15, 0.2) is 0 Å². The smallest absolute Gasteiger partial charge is 0.268 e. The summed E-state index contributed by atoms with van der Waals surface area (Å²) in [7, 11) is -4.07. The normalized spacial score (nSPS) is 11.9. The molecule has 1 amide bonds. The highest BCUT2D eigenvalue weighted by molar-refractivity contribution is 7.89. The monoisotopic (exact) mass is 325 g/mol. The third kappa shape index (κ3) is 5.40. The maximum atomic E-state index is 12.5. The van der Waals surface area contributed by atoms with E-state index in [2.05, 4.69) is 5.32 Å². The number of nitrogens with two attached hydrogens (primary N) is 1. The lowest BCUT2D eigenvalue weighted by Crippen LogP contribution is -2.29. The van der Waals surface area contributed by atoms with Crippen LogP contribution in [0.1, 0.15) is 17.4 Å². The Kier molecular flexibility index (Phi) is 6.24. The summed E-state index contributed by atoms with van der Waals surface area (Å²) in [5, 5.41) is 7.38. The van der Waals surface area contributed by atoms with Crippen molar-refractivity contribution in [2.24, 2.45) is 5.14 Å². The number of hydrogen-bond acceptors (Lipinski definition) is 4. The van der Waals surface area contributed by atoms with Crippen molar-refractivity contribution >= 4 is 15.9 Å². The molecule has 0 aliphatic heterocycles. The van der Waals surface area contributed by atoms with Gasteiger partial charge in [-0.2, -0.15) is 0 Å². The van der Waals surface area contributed by atoms with E-state index in [0.717, 1.165) is 16.8 Å². The predicted octanol–water partition coefficient (Wildman–Crippen LogP) is 0.167. The van der Waals surface area contributed by atoms with Crippen LogP contribution in [0.15, 0.2) is 17.2 Å². The molecule has 0 spiro atoms. The number of rotatable bonds is 8. The molecule has 7 nitrogen and oxygen atoms in total. The molecule has 1 aromatic heterocycles. The average molecular weight is 325 g/mol. The summed E-state index contributed by atoms with van der Waals surface area (Å²) in [6, 6.07) is 0.966. The van der Waals surface area contributed by atoms with E-state index >= 15 is 0 Å². The lowest BCUT2D eigenvalue weighted by molar-refractivity contribution is 0.0901. The third-order valence-electron chi connectivity index (χ3n) is 2.50. The zero-order chi connectivity index (χ0) is 16.0. The summed E-state index contributed by atoms with van der Waals surface area (Å²) >= 11 is 0. The van der Waals surface area contributed by atoms with Crippen molar-refractivity contribution in [3.63, 3.8) is 0 Å². The van der Waals surface area contributed by atoms with Crippen LogP contribution in [-0.2, 0) is 21.3 Å². The van der Waals surface area contributed by atoms with Crippen LogP contribution in [0.4, 0.5) is 8.78 Å². The van der Waals surface area contributed by atoms with Gasteiger partial charge in [0.05, 0.1) is 13.2 Å². The topological polar surface area (TPSA) is 103 Å². The third-order valence-corrected chi connectivity index (χ3v) is 3.38. The molecular formula is C11H17F2N3O4S. The number of carbonyl (C=O) groups excluding carboxylic acids is 1. The van der Waals surface area contributed by atoms with Crippen molar-refractivity contribution in [2.75, 3.05) is 19.8 Å². The number of nitrogens with zero attached hydrogens (tertiary/aromatic N) is 1. The Morgan fingerprint density at radius 3 is 2.71 bits per heavy atom. The second-order valence-corrected chi connectivity index (χ2v) is 5.66. The van der Waals surface area contributed by atoms with Gasteiger partial charge in [0, 0.05) is 19.3 Å². The van der Waals surface area contributed by atoms with E-state index < -0.39 is 33.8 Å². The number of nitrogens with one attached hydrogen (secondary N) is 1. The van der Waals surface area contributed by atoms with E-state index in [9.17, 15) is 22.0 Å². The molecule has 1 rings (SSSR count). The molecule has 0 bridgehead atoms. The number of carbonyl (C=O) groups is 1. The quantitative estimate of drug-likeness (QED) is 0.665. The molecule has 0 aliphatic rings. The maximum absolute atomic E-state index is 12.5. The summed E-state index contributed by atoms with van der Waals surface area (Å²) < 4.78 is 53.3. The van der Waals surface area contributed by atoms with Crippen molar-refractivity contribution in [3.05, 3.63) is 18.0 Å². The Bertz CT molecular complexity index is 586. The number of aromatic nitrogens is 1. The second kappa shape index (κ2) is 7.48. The molecule has 0 fully saturated rings. The first-order valence-electron chi connectivity index (χ1n) is 6.12. The Hall–Kier alpha value is -1.52. The van der Waals surface area contributed by atoms with Crippen molar-refractivity contribution in [2.45, 2.75) is 24.8 Å². The molecule has 21 heavy (non-hydrogen) atoms. The molecule has 0 aromatic carbocycles. The summed E-state index contributed by atoms with van der Waals surface area (Å²) in [4.78, 5) is 11.5. The molecule has 1 heterocycles. The molecule has 0 saturated carbocycles. The summed E-state index contributed by atoms with van der Waals surface area (Å²) in [6.07, 6.45) is -1.82. The molecule has 3 N–H and O–H groups in total. The standard InChI is InChI=1S/C11H17F2N3O4S/c1-2-20-4-3-15-11(17)9-5-8(21(14,18)19)6-16(9)7-10(12)13/h5-6,10H,2-4,7H2,1H3,(H,15,17)(H2,14,18,19). The highest BCUT2D eigenvalue weighted by Gasteiger charge is 2.20. The Balaban J connectivity index is 2.92. The lowest BCUT2D eigenvalue weighted by atomic mass is 10.4. The van der Waals surface area contributed by atoms with E-state index in [4.69, 9.17) is 9.88 Å². The second-order valence-electron chi connectivity index (χ2n) is 4.10. The van der Waals surface area contributed by atoms with Crippen LogP contribution in [0, 0.1) is 0 Å². The van der Waals surface area contributed by atoms with Crippen LogP contribution in [0.25, 0.3) is 0 Å². The highest BCUT2D eigenvalue weighted by Crippen LogP contribution is 2.15. The van der Waals surface area contributed by atoms with Crippen LogP contribution in [0.2, 0.25) is 0 Å². The first kappa shape index (κ1) is 17.5. The van der Waals surface area contributed by atoms with E-state index in [1.807, 2.05) is 0 Å². The zero-order valence-corrected chi connectivity index (χ0v) is 12.2. The van der Waals surface area contributed by atoms with Crippen LogP contribution < -0.4 is 10.5 Å². The van der Waals surface area contributed by atoms with Gasteiger partial charge in [0.2, 0.25) is 10.0 Å². The largest absolute Gasteiger partial charge is 0.380 e. The number of amides is 1. The first-order chi connectivity index (χ1) is 9.75. The van der Waals surface area contributed by atoms with Crippen LogP contribution in [0.5, 0.6) is 0 Å². The van der Waals surface area contributed by atoms with Crippen LogP contribution in [0.3, 0.4) is 0 Å². The fourth-order valence-electron chi connectivity index (χ4n) is 1.60. The Labute approximate surface area is 121 Å². The molecular weight excluding hydrogens is 308 g/mol. The summed E-state index contributed by atoms with van der Waals surface area (Å²) in [6.45, 7) is 1.90. The van der Waals surface area contributed by atoms with Crippen LogP contribution in [-0.4, -0.2) is 45.1 Å². The van der Waals surface area contributed by atoms with Crippen molar-refractivity contribution < 1.29 is 26.7 Å². The number of hydrogen-bond donors (Lipinski definition) is 2. The molecule has 0 atom stereocenters. The van der Waals surface area contributed by atoms with Gasteiger partial charge >= 0.3 is 0 Å². The van der Waals surface area contributed by atoms with Gasteiger partial charge in [-0.1, -0.05) is 0 Å². The van der Waals surface area contributed by atoms with E-state index in [0.29, 0.717) is 6.61 Å². The lowest BCUT2D eigenvalue weighted by Gasteiger charge is -2.09. The van der Waals surface area contributed by atoms with Crippen LogP contribution >= 0.6 is 0 Å². The summed E-state index contributed by atoms with van der Waals surface area (Å²) in [5.41, 5.74) is -0.198. The predicted molar refractivity (Wildman–Crippen MR) is 70.6 cm³/mol. The van der Waals surface area contributed by atoms with Gasteiger partial charge in [-0.15, -0.1) is 0 Å². The fraction of sp³-hybridized carbons (Fsp3) is 0.545. The minimum atomic E-state index is -4.07. The maximum Gasteiger partial charge on any atom is 0.268 e. The first-order valence-corrected chi connectivity index (χ1v) is 7.67. The number of halogens is 2. The minimum Gasteiger partial charge on any atom is -0.380 e. The van der Waals surface area contributed by atoms with Crippen molar-refractivity contribution in [3.8, 4) is 0 Å². The average Bonchev–Trinajstić information content (AvgIpc) is 2.77. The minimum absolute atomic E-state index is 0.178. The Morgan fingerprint density at radius 1 is 1.52 bits per heavy atom. The molecule has 0 radical (unpaired) electrons. The van der Waals surface area contributed by atoms with Gasteiger partial charge in [-0.3, -0.25) is 4.79 Å². The van der Waals surface area contributed by atoms with E-state index in [-0.39, 0.29) is 18.8 Å². The van der Waals surface area contributed by atoms with Crippen molar-refractivity contribution in [1.29, 1.82) is 0 Å². The Morgan fingerprint density at radius 2 is 2.19 bits per heavy atom. The number of alkyl halides is 2. The number of ether oxygens (including phenoxy) is 1. The van der Waals surface area contributed by atoms with E-state index in [1.165, 1.54) is 0 Å². The van der Waals surface area contributed by atoms with Gasteiger partial charge < -0.3 is 14.6 Å². The van der Waals surface area contributed by atoms with Gasteiger partial charge in [-0.25, -0.2) is 22.3 Å². The molecule has 0 saturated heterocycles. The summed E-state index contributed by atoms with van der Waals surface area (Å²) in [5.74, 6) is -0.676. The van der Waals surface area contributed by atoms with Gasteiger partial charge in [-0.05, 0) is 13.0 Å². The molecule has 1 aromatic rings. The highest BCUT2D eigenvalue weighted by atomic mass is 32.2. The molecule has 120 valence electrons. The SMILES string of the molecule is CCOCCNC(=O)c1cc(S(N)(=O)=O)cn1CC(F)F. The van der Waals surface area contributed by atoms with Crippen molar-refractivity contribution in [1.82, 2.24) is 9.88 Å². The number of primary sulfonamides is 1. The molecule has 0 unspecified atom stereocenters. The van der Waals surface area contributed by atoms with E-state index in [1.54, 1.807) is 6.92 Å². The fourth-order valence-corrected chi connectivity index (χ4v) is 2.15. The molecule has 0 aliphatic carbocycles. The van der Waals surface area contributed by atoms with Gasteiger partial charge in [0.25, 0.3) is 12.3 Å².